The van der Waals surface area contributed by atoms with Crippen molar-refractivity contribution in [1.82, 2.24) is 19.3 Å². The molecule has 0 radical (unpaired) electrons. The predicted molar refractivity (Wildman–Crippen MR) is 146 cm³/mol. The predicted octanol–water partition coefficient (Wildman–Crippen LogP) is 3.22. The molecule has 2 saturated heterocycles. The van der Waals surface area contributed by atoms with Crippen molar-refractivity contribution in [2.24, 2.45) is 0 Å². The van der Waals surface area contributed by atoms with Gasteiger partial charge in [-0.3, -0.25) is 4.98 Å². The lowest BCUT2D eigenvalue weighted by molar-refractivity contribution is 0.00735. The molecule has 3 aromatic rings. The first-order valence-electron chi connectivity index (χ1n) is 13.2. The van der Waals surface area contributed by atoms with Crippen LogP contribution in [0.5, 0.6) is 11.6 Å². The first kappa shape index (κ1) is 27.3. The minimum atomic E-state index is -3.71. The van der Waals surface area contributed by atoms with Crippen LogP contribution in [0.3, 0.4) is 0 Å². The number of hydrogen-bond donors (Lipinski definition) is 1. The summed E-state index contributed by atoms with van der Waals surface area (Å²) in [5.41, 5.74) is 1.04. The van der Waals surface area contributed by atoms with Crippen LogP contribution in [0, 0.1) is 13.8 Å². The number of anilines is 1. The zero-order valence-electron chi connectivity index (χ0n) is 22.6. The second-order valence-electron chi connectivity index (χ2n) is 10.2. The van der Waals surface area contributed by atoms with E-state index < -0.39 is 15.6 Å². The molecule has 39 heavy (non-hydrogen) atoms. The molecule has 1 aromatic carbocycles. The molecule has 208 valence electrons. The van der Waals surface area contributed by atoms with Crippen LogP contribution < -0.4 is 14.4 Å². The van der Waals surface area contributed by atoms with E-state index in [2.05, 4.69) is 15.0 Å². The van der Waals surface area contributed by atoms with Crippen LogP contribution in [0.4, 0.5) is 5.95 Å². The van der Waals surface area contributed by atoms with Crippen LogP contribution in [-0.4, -0.2) is 72.2 Å². The van der Waals surface area contributed by atoms with Gasteiger partial charge in [0.15, 0.2) is 0 Å². The number of nitrogens with zero attached hydrogens (tertiary/aromatic N) is 5. The number of rotatable bonds is 8. The third kappa shape index (κ3) is 5.57. The highest BCUT2D eigenvalue weighted by molar-refractivity contribution is 7.89. The Labute approximate surface area is 229 Å². The quantitative estimate of drug-likeness (QED) is 0.449. The van der Waals surface area contributed by atoms with E-state index in [-0.39, 0.29) is 12.6 Å². The first-order valence-corrected chi connectivity index (χ1v) is 14.7. The molecule has 5 rings (SSSR count). The molecule has 10 nitrogen and oxygen atoms in total. The molecule has 0 aliphatic carbocycles. The summed E-state index contributed by atoms with van der Waals surface area (Å²) in [5.74, 6) is 1.56. The number of benzene rings is 1. The summed E-state index contributed by atoms with van der Waals surface area (Å²) in [4.78, 5) is 15.7. The Kier molecular flexibility index (Phi) is 7.75. The number of aliphatic hydroxyl groups is 1. The molecule has 0 spiro atoms. The van der Waals surface area contributed by atoms with Gasteiger partial charge < -0.3 is 19.5 Å². The Morgan fingerprint density at radius 1 is 1.05 bits per heavy atom. The van der Waals surface area contributed by atoms with Crippen LogP contribution in [0.25, 0.3) is 0 Å². The maximum atomic E-state index is 13.7. The normalized spacial score (nSPS) is 19.7. The lowest BCUT2D eigenvalue weighted by atomic mass is 9.88. The summed E-state index contributed by atoms with van der Waals surface area (Å²) in [6, 6.07) is 10.5. The van der Waals surface area contributed by atoms with Crippen LogP contribution in [0.15, 0.2) is 53.7 Å². The second-order valence-corrected chi connectivity index (χ2v) is 12.1. The van der Waals surface area contributed by atoms with Gasteiger partial charge in [0.25, 0.3) is 0 Å². The average Bonchev–Trinajstić information content (AvgIpc) is 3.42. The molecule has 11 heteroatoms. The van der Waals surface area contributed by atoms with Gasteiger partial charge in [0, 0.05) is 38.1 Å². The topological polar surface area (TPSA) is 118 Å². The lowest BCUT2D eigenvalue weighted by Crippen LogP contribution is -2.43. The molecule has 2 aliphatic heterocycles. The highest BCUT2D eigenvalue weighted by Crippen LogP contribution is 2.34. The molecule has 2 aromatic heterocycles. The third-order valence-corrected chi connectivity index (χ3v) is 9.87. The Balaban J connectivity index is 1.25. The number of sulfonamides is 1. The van der Waals surface area contributed by atoms with Crippen molar-refractivity contribution in [2.45, 2.75) is 56.1 Å². The monoisotopic (exact) mass is 553 g/mol. The van der Waals surface area contributed by atoms with Crippen molar-refractivity contribution in [3.05, 3.63) is 65.6 Å². The van der Waals surface area contributed by atoms with Crippen molar-refractivity contribution in [2.75, 3.05) is 38.3 Å². The van der Waals surface area contributed by atoms with Crippen LogP contribution in [-0.2, 0) is 15.6 Å². The molecule has 2 fully saturated rings. The van der Waals surface area contributed by atoms with Gasteiger partial charge in [-0.05, 0) is 74.9 Å². The Morgan fingerprint density at radius 3 is 2.46 bits per heavy atom. The smallest absolute Gasteiger partial charge is 0.243 e. The zero-order chi connectivity index (χ0) is 27.6. The number of pyridine rings is 1. The molecule has 2 aliphatic rings. The van der Waals surface area contributed by atoms with Gasteiger partial charge in [0.1, 0.15) is 18.0 Å². The Bertz CT molecular complexity index is 1390. The van der Waals surface area contributed by atoms with Gasteiger partial charge in [0.2, 0.25) is 21.9 Å². The number of aromatic nitrogens is 3. The molecule has 4 heterocycles. The van der Waals surface area contributed by atoms with Crippen LogP contribution >= 0.6 is 0 Å². The Morgan fingerprint density at radius 2 is 1.79 bits per heavy atom. The number of methoxy groups -OCH3 is 1. The molecular formula is C28H35N5O5S. The van der Waals surface area contributed by atoms with E-state index in [1.165, 1.54) is 0 Å². The van der Waals surface area contributed by atoms with E-state index in [4.69, 9.17) is 9.47 Å². The molecule has 0 bridgehead atoms. The Hall–Kier alpha value is -3.28. The molecular weight excluding hydrogens is 518 g/mol. The SMILES string of the molecule is COc1cc(C)c(S(=O)(=O)N2CCC[C@H]2COc2ccnc(N3CCC(O)(c4ccccn4)CC3)n2)c(C)c1. The average molecular weight is 554 g/mol. The number of aryl methyl sites for hydroxylation is 2. The van der Waals surface area contributed by atoms with Gasteiger partial charge in [-0.15, -0.1) is 0 Å². The summed E-state index contributed by atoms with van der Waals surface area (Å²) in [5, 5.41) is 11.1. The number of hydrogen-bond acceptors (Lipinski definition) is 9. The van der Waals surface area contributed by atoms with Crippen molar-refractivity contribution in [3.8, 4) is 11.6 Å². The van der Waals surface area contributed by atoms with Crippen molar-refractivity contribution >= 4 is 16.0 Å². The minimum Gasteiger partial charge on any atom is -0.497 e. The largest absolute Gasteiger partial charge is 0.497 e. The van der Waals surface area contributed by atoms with Gasteiger partial charge in [-0.2, -0.15) is 9.29 Å². The summed E-state index contributed by atoms with van der Waals surface area (Å²) >= 11 is 0. The fraction of sp³-hybridized carbons (Fsp3) is 0.464. The zero-order valence-corrected chi connectivity index (χ0v) is 23.4. The summed E-state index contributed by atoms with van der Waals surface area (Å²) in [7, 11) is -2.14. The van der Waals surface area contributed by atoms with Crippen molar-refractivity contribution in [1.29, 1.82) is 0 Å². The number of ether oxygens (including phenoxy) is 2. The van der Waals surface area contributed by atoms with E-state index in [0.29, 0.717) is 78.2 Å². The van der Waals surface area contributed by atoms with Crippen LogP contribution in [0.2, 0.25) is 0 Å². The van der Waals surface area contributed by atoms with E-state index in [9.17, 15) is 13.5 Å². The lowest BCUT2D eigenvalue weighted by Gasteiger charge is -2.37. The second kappa shape index (κ2) is 11.1. The fourth-order valence-corrected chi connectivity index (χ4v) is 7.66. The minimum absolute atomic E-state index is 0.198. The van der Waals surface area contributed by atoms with Gasteiger partial charge >= 0.3 is 0 Å². The highest BCUT2D eigenvalue weighted by Gasteiger charge is 2.38. The summed E-state index contributed by atoms with van der Waals surface area (Å²) in [6.07, 6.45) is 5.84. The standard InChI is InChI=1S/C28H35N5O5S/c1-20-17-23(37-3)18-21(2)26(20)39(35,36)33-14-6-7-22(33)19-38-25-9-13-30-27(31-25)32-15-10-28(34,11-16-32)24-8-4-5-12-29-24/h4-5,8-9,12-13,17-18,22,34H,6-7,10-11,14-16,19H2,1-3H3/t22-/m0/s1. The number of piperidine rings is 1. The van der Waals surface area contributed by atoms with Gasteiger partial charge in [-0.1, -0.05) is 6.07 Å². The summed E-state index contributed by atoms with van der Waals surface area (Å²) < 4.78 is 40.3. The summed E-state index contributed by atoms with van der Waals surface area (Å²) in [6.45, 7) is 5.39. The van der Waals surface area contributed by atoms with Gasteiger partial charge in [0.05, 0.1) is 23.7 Å². The molecule has 1 N–H and O–H groups in total. The molecule has 0 amide bonds. The fourth-order valence-electron chi connectivity index (χ4n) is 5.56. The van der Waals surface area contributed by atoms with E-state index >= 15 is 0 Å². The van der Waals surface area contributed by atoms with Crippen LogP contribution in [0.1, 0.15) is 42.5 Å². The van der Waals surface area contributed by atoms with E-state index in [1.54, 1.807) is 55.9 Å². The maximum Gasteiger partial charge on any atom is 0.243 e. The van der Waals surface area contributed by atoms with E-state index in [1.807, 2.05) is 23.1 Å². The molecule has 0 unspecified atom stereocenters. The highest BCUT2D eigenvalue weighted by atomic mass is 32.2. The van der Waals surface area contributed by atoms with E-state index in [0.717, 1.165) is 6.42 Å². The molecule has 1 atom stereocenters. The molecule has 0 saturated carbocycles. The third-order valence-electron chi connectivity index (χ3n) is 7.62. The first-order chi connectivity index (χ1) is 18.7. The maximum absolute atomic E-state index is 13.7. The van der Waals surface area contributed by atoms with Crippen molar-refractivity contribution in [3.63, 3.8) is 0 Å². The van der Waals surface area contributed by atoms with Crippen molar-refractivity contribution < 1.29 is 23.0 Å². The van der Waals surface area contributed by atoms with Gasteiger partial charge in [-0.25, -0.2) is 13.4 Å².